The molecule has 1 aliphatic carbocycles. The van der Waals surface area contributed by atoms with Crippen LogP contribution in [-0.2, 0) is 4.74 Å². The van der Waals surface area contributed by atoms with Gasteiger partial charge in [0.2, 0.25) is 0 Å². The van der Waals surface area contributed by atoms with Crippen LogP contribution in [0, 0.1) is 6.92 Å². The van der Waals surface area contributed by atoms with E-state index in [4.69, 9.17) is 9.15 Å². The van der Waals surface area contributed by atoms with Gasteiger partial charge in [0.25, 0.3) is 5.91 Å². The Labute approximate surface area is 147 Å². The lowest BCUT2D eigenvalue weighted by molar-refractivity contribution is 0.0116. The smallest absolute Gasteiger partial charge is 0.267 e. The van der Waals surface area contributed by atoms with Crippen molar-refractivity contribution in [3.63, 3.8) is 0 Å². The van der Waals surface area contributed by atoms with Crippen molar-refractivity contribution in [2.45, 2.75) is 31.8 Å². The number of carbonyl (C=O) groups is 1. The number of aryl methyl sites for hydroxylation is 1. The van der Waals surface area contributed by atoms with Crippen molar-refractivity contribution >= 4 is 5.91 Å². The summed E-state index contributed by atoms with van der Waals surface area (Å²) in [6, 6.07) is 8.36. The van der Waals surface area contributed by atoms with Crippen LogP contribution in [-0.4, -0.2) is 48.2 Å². The van der Waals surface area contributed by atoms with Crippen molar-refractivity contribution in [3.8, 4) is 0 Å². The first-order chi connectivity index (χ1) is 12.2. The number of furan rings is 1. The first kappa shape index (κ1) is 16.4. The summed E-state index contributed by atoms with van der Waals surface area (Å²) >= 11 is 0. The summed E-state index contributed by atoms with van der Waals surface area (Å²) in [5.74, 6) is 1.78. The number of nitrogens with one attached hydrogen (secondary N) is 1. The third kappa shape index (κ3) is 3.65. The third-order valence-electron chi connectivity index (χ3n) is 4.98. The molecule has 0 spiro atoms. The lowest BCUT2D eigenvalue weighted by atomic mass is 10.1. The van der Waals surface area contributed by atoms with Gasteiger partial charge in [0.15, 0.2) is 0 Å². The molecule has 0 radical (unpaired) electrons. The molecule has 1 amide bonds. The molecule has 4 rings (SSSR count). The largest absolute Gasteiger partial charge is 0.465 e. The van der Waals surface area contributed by atoms with Crippen molar-refractivity contribution in [2.75, 3.05) is 32.8 Å². The minimum Gasteiger partial charge on any atom is -0.465 e. The Bertz CT molecular complexity index is 726. The highest BCUT2D eigenvalue weighted by Crippen LogP contribution is 2.36. The minimum atomic E-state index is -0.0153. The molecule has 1 saturated heterocycles. The van der Waals surface area contributed by atoms with E-state index in [1.54, 1.807) is 0 Å². The van der Waals surface area contributed by atoms with Gasteiger partial charge in [-0.15, -0.1) is 0 Å². The van der Waals surface area contributed by atoms with Gasteiger partial charge in [-0.2, -0.15) is 0 Å². The second kappa shape index (κ2) is 7.06. The fraction of sp³-hybridized carbons (Fsp3) is 0.526. The number of carbonyl (C=O) groups excluding carboxylic acids is 1. The molecule has 2 aliphatic rings. The highest BCUT2D eigenvalue weighted by molar-refractivity contribution is 5.92. The summed E-state index contributed by atoms with van der Waals surface area (Å²) in [5, 5.41) is 3.11. The molecule has 1 N–H and O–H groups in total. The van der Waals surface area contributed by atoms with Crippen molar-refractivity contribution in [2.24, 2.45) is 0 Å². The van der Waals surface area contributed by atoms with Crippen LogP contribution in [0.3, 0.4) is 0 Å². The Balaban J connectivity index is 1.46. The van der Waals surface area contributed by atoms with Gasteiger partial charge in [-0.1, -0.05) is 0 Å². The zero-order valence-electron chi connectivity index (χ0n) is 14.6. The molecular formula is C19H25N3O3. The molecule has 3 heterocycles. The topological polar surface area (TPSA) is 59.6 Å². The van der Waals surface area contributed by atoms with Gasteiger partial charge >= 0.3 is 0 Å². The Morgan fingerprint density at radius 1 is 1.28 bits per heavy atom. The Morgan fingerprint density at radius 2 is 2.08 bits per heavy atom. The van der Waals surface area contributed by atoms with Crippen LogP contribution in [0.2, 0.25) is 0 Å². The van der Waals surface area contributed by atoms with Gasteiger partial charge in [0.1, 0.15) is 17.2 Å². The lowest BCUT2D eigenvalue weighted by Crippen LogP contribution is -2.43. The van der Waals surface area contributed by atoms with Gasteiger partial charge in [0.05, 0.1) is 19.3 Å². The molecule has 6 nitrogen and oxygen atoms in total. The first-order valence-electron chi connectivity index (χ1n) is 9.05. The SMILES string of the molecule is Cc1ccc([C@H](CNC(=O)c2cccn2C2CC2)N2CCOCC2)o1. The Hall–Kier alpha value is -2.05. The molecule has 1 atom stereocenters. The second-order valence-corrected chi connectivity index (χ2v) is 6.85. The molecule has 1 aliphatic heterocycles. The number of morpholine rings is 1. The van der Waals surface area contributed by atoms with Gasteiger partial charge in [0, 0.05) is 31.9 Å². The highest BCUT2D eigenvalue weighted by Gasteiger charge is 2.28. The van der Waals surface area contributed by atoms with Crippen molar-refractivity contribution in [3.05, 3.63) is 47.7 Å². The molecule has 0 bridgehead atoms. The number of ether oxygens (including phenoxy) is 1. The van der Waals surface area contributed by atoms with Crippen LogP contribution in [0.4, 0.5) is 0 Å². The van der Waals surface area contributed by atoms with E-state index in [1.807, 2.05) is 37.4 Å². The van der Waals surface area contributed by atoms with E-state index in [1.165, 1.54) is 0 Å². The molecule has 2 fully saturated rings. The zero-order chi connectivity index (χ0) is 17.2. The average molecular weight is 343 g/mol. The zero-order valence-corrected chi connectivity index (χ0v) is 14.6. The normalized spacial score (nSPS) is 19.7. The van der Waals surface area contributed by atoms with E-state index in [9.17, 15) is 4.79 Å². The van der Waals surface area contributed by atoms with Crippen LogP contribution in [0.5, 0.6) is 0 Å². The van der Waals surface area contributed by atoms with E-state index in [0.29, 0.717) is 25.8 Å². The number of nitrogens with zero attached hydrogens (tertiary/aromatic N) is 2. The van der Waals surface area contributed by atoms with E-state index in [2.05, 4.69) is 14.8 Å². The molecular weight excluding hydrogens is 318 g/mol. The molecule has 6 heteroatoms. The van der Waals surface area contributed by atoms with Crippen LogP contribution in [0.1, 0.15) is 46.9 Å². The van der Waals surface area contributed by atoms with Crippen molar-refractivity contribution in [1.29, 1.82) is 0 Å². The molecule has 2 aromatic heterocycles. The van der Waals surface area contributed by atoms with Crippen LogP contribution in [0.25, 0.3) is 0 Å². The van der Waals surface area contributed by atoms with Gasteiger partial charge in [-0.05, 0) is 44.0 Å². The summed E-state index contributed by atoms with van der Waals surface area (Å²) in [5.41, 5.74) is 0.749. The minimum absolute atomic E-state index is 0.0153. The quantitative estimate of drug-likeness (QED) is 0.876. The van der Waals surface area contributed by atoms with Gasteiger partial charge in [-0.3, -0.25) is 9.69 Å². The molecule has 0 aromatic carbocycles. The maximum absolute atomic E-state index is 12.7. The van der Waals surface area contributed by atoms with E-state index >= 15 is 0 Å². The molecule has 25 heavy (non-hydrogen) atoms. The van der Waals surface area contributed by atoms with Crippen molar-refractivity contribution in [1.82, 2.24) is 14.8 Å². The fourth-order valence-corrected chi connectivity index (χ4v) is 3.47. The standard InChI is InChI=1S/C19H25N3O3/c1-14-4-7-18(25-14)17(21-9-11-24-12-10-21)13-20-19(23)16-3-2-8-22(16)15-5-6-15/h2-4,7-8,15,17H,5-6,9-13H2,1H3,(H,20,23)/t17-/m0/s1. The Kier molecular flexibility index (Phi) is 4.63. The predicted molar refractivity (Wildman–Crippen MR) is 93.6 cm³/mol. The fourth-order valence-electron chi connectivity index (χ4n) is 3.47. The average Bonchev–Trinajstić information content (AvgIpc) is 3.19. The molecule has 134 valence electrons. The highest BCUT2D eigenvalue weighted by atomic mass is 16.5. The maximum Gasteiger partial charge on any atom is 0.267 e. The van der Waals surface area contributed by atoms with Crippen LogP contribution >= 0.6 is 0 Å². The van der Waals surface area contributed by atoms with E-state index in [-0.39, 0.29) is 11.9 Å². The van der Waals surface area contributed by atoms with Gasteiger partial charge in [-0.25, -0.2) is 0 Å². The summed E-state index contributed by atoms with van der Waals surface area (Å²) in [6.45, 7) is 5.60. The number of amides is 1. The first-order valence-corrected chi connectivity index (χ1v) is 9.05. The van der Waals surface area contributed by atoms with E-state index < -0.39 is 0 Å². The second-order valence-electron chi connectivity index (χ2n) is 6.85. The predicted octanol–water partition coefficient (Wildman–Crippen LogP) is 2.53. The molecule has 0 unspecified atom stereocenters. The maximum atomic E-state index is 12.7. The number of aromatic nitrogens is 1. The summed E-state index contributed by atoms with van der Waals surface area (Å²) in [4.78, 5) is 15.0. The Morgan fingerprint density at radius 3 is 2.76 bits per heavy atom. The lowest BCUT2D eigenvalue weighted by Gasteiger charge is -2.33. The number of rotatable bonds is 6. The third-order valence-corrected chi connectivity index (χ3v) is 4.98. The summed E-state index contributed by atoms with van der Waals surface area (Å²) < 4.78 is 13.4. The summed E-state index contributed by atoms with van der Waals surface area (Å²) in [6.07, 6.45) is 4.33. The number of hydrogen-bond acceptors (Lipinski definition) is 4. The monoisotopic (exact) mass is 343 g/mol. The summed E-state index contributed by atoms with van der Waals surface area (Å²) in [7, 11) is 0. The van der Waals surface area contributed by atoms with E-state index in [0.717, 1.165) is 43.1 Å². The van der Waals surface area contributed by atoms with Crippen molar-refractivity contribution < 1.29 is 13.9 Å². The number of hydrogen-bond donors (Lipinski definition) is 1. The molecule has 1 saturated carbocycles. The van der Waals surface area contributed by atoms with Crippen LogP contribution < -0.4 is 5.32 Å². The van der Waals surface area contributed by atoms with Gasteiger partial charge < -0.3 is 19.0 Å². The molecule has 2 aromatic rings. The van der Waals surface area contributed by atoms with Crippen LogP contribution in [0.15, 0.2) is 34.9 Å².